The number of nitrogens with zero attached hydrogens (tertiary/aromatic N) is 2. The summed E-state index contributed by atoms with van der Waals surface area (Å²) in [7, 11) is 1.89. The number of amides is 2. The molecule has 2 amide bonds. The second kappa shape index (κ2) is 6.39. The maximum Gasteiger partial charge on any atom is 0.302 e. The van der Waals surface area contributed by atoms with Crippen LogP contribution >= 0.6 is 0 Å². The number of fused-ring (bicyclic) bond motifs is 3. The van der Waals surface area contributed by atoms with Gasteiger partial charge in [0.05, 0.1) is 17.2 Å². The summed E-state index contributed by atoms with van der Waals surface area (Å²) in [6.07, 6.45) is 1.86. The Morgan fingerprint density at radius 3 is 2.48 bits per heavy atom. The van der Waals surface area contributed by atoms with Crippen LogP contribution in [0, 0.1) is 0 Å². The summed E-state index contributed by atoms with van der Waals surface area (Å²) in [5.74, 6) is -1.20. The molecule has 1 atom stereocenters. The van der Waals surface area contributed by atoms with Gasteiger partial charge in [0.25, 0.3) is 11.8 Å². The number of hydrogen-bond donors (Lipinski definition) is 0. The Morgan fingerprint density at radius 2 is 1.78 bits per heavy atom. The average molecular weight is 362 g/mol. The van der Waals surface area contributed by atoms with E-state index in [1.54, 1.807) is 6.07 Å². The molecule has 4 rings (SSSR count). The minimum atomic E-state index is -0.679. The summed E-state index contributed by atoms with van der Waals surface area (Å²) < 4.78 is 7.08. The zero-order valence-electron chi connectivity index (χ0n) is 15.0. The van der Waals surface area contributed by atoms with Gasteiger partial charge in [-0.2, -0.15) is 0 Å². The van der Waals surface area contributed by atoms with Gasteiger partial charge < -0.3 is 9.30 Å². The van der Waals surface area contributed by atoms with Crippen molar-refractivity contribution in [2.75, 3.05) is 6.61 Å². The van der Waals surface area contributed by atoms with Crippen molar-refractivity contribution in [1.29, 1.82) is 0 Å². The molecule has 0 saturated carbocycles. The normalized spacial score (nSPS) is 14.5. The molecule has 2 aromatic carbocycles. The third-order valence-electron chi connectivity index (χ3n) is 4.89. The number of hydrogen-bond acceptors (Lipinski definition) is 4. The number of aromatic nitrogens is 1. The summed E-state index contributed by atoms with van der Waals surface area (Å²) in [6, 6.07) is 13.8. The number of ether oxygens (including phenoxy) is 1. The van der Waals surface area contributed by atoms with Gasteiger partial charge in [0, 0.05) is 31.1 Å². The second-order valence-electron chi connectivity index (χ2n) is 6.56. The molecule has 6 heteroatoms. The Bertz CT molecular complexity index is 1070. The van der Waals surface area contributed by atoms with Gasteiger partial charge in [-0.15, -0.1) is 0 Å². The van der Waals surface area contributed by atoms with Gasteiger partial charge in [-0.3, -0.25) is 19.3 Å². The van der Waals surface area contributed by atoms with E-state index >= 15 is 0 Å². The minimum absolute atomic E-state index is 0.0806. The van der Waals surface area contributed by atoms with Crippen LogP contribution < -0.4 is 0 Å². The van der Waals surface area contributed by atoms with Crippen molar-refractivity contribution in [1.82, 2.24) is 9.47 Å². The number of carbonyl (C=O) groups is 3. The summed E-state index contributed by atoms with van der Waals surface area (Å²) >= 11 is 0. The van der Waals surface area contributed by atoms with Gasteiger partial charge in [-0.05, 0) is 23.8 Å². The first-order valence-electron chi connectivity index (χ1n) is 8.63. The van der Waals surface area contributed by atoms with E-state index in [0.717, 1.165) is 16.5 Å². The van der Waals surface area contributed by atoms with Crippen LogP contribution in [-0.2, 0) is 16.6 Å². The molecule has 2 heterocycles. The Kier molecular flexibility index (Phi) is 4.03. The first-order chi connectivity index (χ1) is 13.0. The van der Waals surface area contributed by atoms with E-state index in [2.05, 4.69) is 0 Å². The van der Waals surface area contributed by atoms with Crippen LogP contribution in [0.2, 0.25) is 0 Å². The third-order valence-corrected chi connectivity index (χ3v) is 4.89. The molecule has 136 valence electrons. The molecular formula is C21H18N2O4. The molecule has 27 heavy (non-hydrogen) atoms. The van der Waals surface area contributed by atoms with Gasteiger partial charge in [-0.25, -0.2) is 0 Å². The maximum absolute atomic E-state index is 13.2. The Balaban J connectivity index is 1.81. The standard InChI is InChI=1S/C21H18N2O4/c1-13(24)27-12-18(14-6-4-3-5-7-14)23-20(25)16-8-9-17-15(10-11-22(17)2)19(16)21(23)26/h3-11,18H,12H2,1-2H3/t18-/m0/s1. The van der Waals surface area contributed by atoms with Crippen molar-refractivity contribution in [2.45, 2.75) is 13.0 Å². The highest BCUT2D eigenvalue weighted by Gasteiger charge is 2.42. The lowest BCUT2D eigenvalue weighted by Crippen LogP contribution is -2.37. The van der Waals surface area contributed by atoms with E-state index in [9.17, 15) is 14.4 Å². The van der Waals surface area contributed by atoms with E-state index in [1.807, 2.05) is 60.3 Å². The van der Waals surface area contributed by atoms with Crippen LogP contribution in [0.4, 0.5) is 0 Å². The van der Waals surface area contributed by atoms with Crippen molar-refractivity contribution in [3.63, 3.8) is 0 Å². The number of carbonyl (C=O) groups excluding carboxylic acids is 3. The third kappa shape index (κ3) is 2.70. The molecule has 1 aromatic heterocycles. The quantitative estimate of drug-likeness (QED) is 0.528. The maximum atomic E-state index is 13.2. The molecule has 6 nitrogen and oxygen atoms in total. The fourth-order valence-corrected chi connectivity index (χ4v) is 3.58. The minimum Gasteiger partial charge on any atom is -0.463 e. The van der Waals surface area contributed by atoms with Crippen LogP contribution in [-0.4, -0.2) is 33.9 Å². The lowest BCUT2D eigenvalue weighted by atomic mass is 10.1. The van der Waals surface area contributed by atoms with Crippen molar-refractivity contribution < 1.29 is 19.1 Å². The summed E-state index contributed by atoms with van der Waals surface area (Å²) in [6.45, 7) is 1.22. The van der Waals surface area contributed by atoms with E-state index in [1.165, 1.54) is 11.8 Å². The molecule has 0 radical (unpaired) electrons. The zero-order chi connectivity index (χ0) is 19.1. The first-order valence-corrected chi connectivity index (χ1v) is 8.63. The van der Waals surface area contributed by atoms with Crippen molar-refractivity contribution in [2.24, 2.45) is 7.05 Å². The highest BCUT2D eigenvalue weighted by Crippen LogP contribution is 2.35. The van der Waals surface area contributed by atoms with Crippen LogP contribution in [0.1, 0.15) is 39.2 Å². The summed E-state index contributed by atoms with van der Waals surface area (Å²) in [5.41, 5.74) is 2.40. The first kappa shape index (κ1) is 17.0. The highest BCUT2D eigenvalue weighted by atomic mass is 16.5. The fourth-order valence-electron chi connectivity index (χ4n) is 3.58. The molecule has 0 N–H and O–H groups in total. The van der Waals surface area contributed by atoms with E-state index in [4.69, 9.17) is 4.74 Å². The van der Waals surface area contributed by atoms with Gasteiger partial charge in [0.15, 0.2) is 0 Å². The number of imide groups is 1. The monoisotopic (exact) mass is 362 g/mol. The highest BCUT2D eigenvalue weighted by molar-refractivity contribution is 6.26. The van der Waals surface area contributed by atoms with E-state index in [0.29, 0.717) is 11.1 Å². The number of esters is 1. The van der Waals surface area contributed by atoms with Gasteiger partial charge >= 0.3 is 5.97 Å². The summed E-state index contributed by atoms with van der Waals surface area (Å²) in [5, 5.41) is 0.746. The molecule has 0 fully saturated rings. The average Bonchev–Trinajstić information content (AvgIpc) is 3.15. The number of rotatable bonds is 4. The molecule has 0 saturated heterocycles. The Labute approximate surface area is 155 Å². The zero-order valence-corrected chi connectivity index (χ0v) is 15.0. The molecule has 1 aliphatic rings. The predicted molar refractivity (Wildman–Crippen MR) is 99.2 cm³/mol. The number of benzene rings is 2. The van der Waals surface area contributed by atoms with E-state index < -0.39 is 12.0 Å². The van der Waals surface area contributed by atoms with Crippen LogP contribution in [0.3, 0.4) is 0 Å². The molecule has 0 aliphatic carbocycles. The molecule has 0 bridgehead atoms. The Morgan fingerprint density at radius 1 is 1.04 bits per heavy atom. The molecular weight excluding hydrogens is 344 g/mol. The lowest BCUT2D eigenvalue weighted by molar-refractivity contribution is -0.142. The van der Waals surface area contributed by atoms with Crippen LogP contribution in [0.25, 0.3) is 10.9 Å². The molecule has 0 spiro atoms. The van der Waals surface area contributed by atoms with Crippen LogP contribution in [0.15, 0.2) is 54.7 Å². The van der Waals surface area contributed by atoms with E-state index in [-0.39, 0.29) is 18.4 Å². The van der Waals surface area contributed by atoms with Crippen molar-refractivity contribution >= 4 is 28.7 Å². The van der Waals surface area contributed by atoms with Crippen molar-refractivity contribution in [3.8, 4) is 0 Å². The second-order valence-corrected chi connectivity index (χ2v) is 6.56. The van der Waals surface area contributed by atoms with Gasteiger partial charge in [-0.1, -0.05) is 30.3 Å². The molecule has 1 aliphatic heterocycles. The fraction of sp³-hybridized carbons (Fsp3) is 0.190. The van der Waals surface area contributed by atoms with Crippen LogP contribution in [0.5, 0.6) is 0 Å². The smallest absolute Gasteiger partial charge is 0.302 e. The Hall–Kier alpha value is -3.41. The lowest BCUT2D eigenvalue weighted by Gasteiger charge is -2.26. The topological polar surface area (TPSA) is 68.6 Å². The molecule has 0 unspecified atom stereocenters. The molecule has 3 aromatic rings. The number of aryl methyl sites for hydroxylation is 1. The summed E-state index contributed by atoms with van der Waals surface area (Å²) in [4.78, 5) is 38.9. The predicted octanol–water partition coefficient (Wildman–Crippen LogP) is 3.08. The SMILES string of the molecule is CC(=O)OC[C@@H](c1ccccc1)N1C(=O)c2ccc3c(ccn3C)c2C1=O. The largest absolute Gasteiger partial charge is 0.463 e. The van der Waals surface area contributed by atoms with Crippen molar-refractivity contribution in [3.05, 3.63) is 71.4 Å². The van der Waals surface area contributed by atoms with Gasteiger partial charge in [0.1, 0.15) is 6.61 Å². The van der Waals surface area contributed by atoms with Gasteiger partial charge in [0.2, 0.25) is 0 Å².